The molecule has 94 valence electrons. The zero-order valence-corrected chi connectivity index (χ0v) is 11.1. The van der Waals surface area contributed by atoms with E-state index in [1.54, 1.807) is 6.07 Å². The molecule has 0 amide bonds. The lowest BCUT2D eigenvalue weighted by molar-refractivity contribution is 0.269. The molecular weight excluding hydrogens is 238 g/mol. The van der Waals surface area contributed by atoms with Crippen molar-refractivity contribution >= 4 is 15.5 Å². The van der Waals surface area contributed by atoms with E-state index in [-0.39, 0.29) is 18.4 Å². The van der Waals surface area contributed by atoms with Gasteiger partial charge in [0.2, 0.25) is 0 Å². The fraction of sp³-hybridized carbons (Fsp3) is 0.500. The van der Waals surface area contributed by atoms with Crippen molar-refractivity contribution in [3.63, 3.8) is 0 Å². The molecular formula is C12H17NO3S. The minimum absolute atomic E-state index is 0.0180. The zero-order valence-electron chi connectivity index (χ0n) is 10.3. The summed E-state index contributed by atoms with van der Waals surface area (Å²) in [6.07, 6.45) is 0. The fourth-order valence-corrected chi connectivity index (χ4v) is 4.40. The molecule has 2 rings (SSSR count). The Balaban J connectivity index is 2.72. The first-order valence-corrected chi connectivity index (χ1v) is 7.19. The van der Waals surface area contributed by atoms with Crippen LogP contribution in [0.15, 0.2) is 17.0 Å². The second-order valence-corrected chi connectivity index (χ2v) is 6.66. The van der Waals surface area contributed by atoms with Crippen molar-refractivity contribution in [2.45, 2.75) is 24.8 Å². The number of aryl methyl sites for hydroxylation is 2. The van der Waals surface area contributed by atoms with Crippen LogP contribution < -0.4 is 4.90 Å². The molecule has 17 heavy (non-hydrogen) atoms. The van der Waals surface area contributed by atoms with Crippen LogP contribution in [0, 0.1) is 13.8 Å². The second kappa shape index (κ2) is 3.99. The molecule has 1 N–H and O–H groups in total. The molecule has 1 aliphatic rings. The summed E-state index contributed by atoms with van der Waals surface area (Å²) in [7, 11) is -1.45. The van der Waals surface area contributed by atoms with Crippen molar-refractivity contribution in [2.75, 3.05) is 24.3 Å². The third kappa shape index (κ3) is 1.93. The maximum Gasteiger partial charge on any atom is 0.182 e. The van der Waals surface area contributed by atoms with Crippen LogP contribution in [0.4, 0.5) is 5.69 Å². The van der Waals surface area contributed by atoms with Gasteiger partial charge in [-0.05, 0) is 31.0 Å². The third-order valence-electron chi connectivity index (χ3n) is 3.27. The molecule has 1 aliphatic heterocycles. The molecule has 4 nitrogen and oxygen atoms in total. The highest BCUT2D eigenvalue weighted by Crippen LogP contribution is 2.35. The summed E-state index contributed by atoms with van der Waals surface area (Å²) in [6, 6.07) is 3.32. The summed E-state index contributed by atoms with van der Waals surface area (Å²) in [5, 5.41) is 9.26. The average Bonchev–Trinajstić information content (AvgIpc) is 2.22. The number of hydrogen-bond donors (Lipinski definition) is 1. The fourth-order valence-electron chi connectivity index (χ4n) is 2.42. The Morgan fingerprint density at radius 3 is 2.65 bits per heavy atom. The van der Waals surface area contributed by atoms with E-state index >= 15 is 0 Å². The van der Waals surface area contributed by atoms with Crippen LogP contribution >= 0.6 is 0 Å². The van der Waals surface area contributed by atoms with E-state index in [0.717, 1.165) is 16.8 Å². The largest absolute Gasteiger partial charge is 0.394 e. The molecule has 1 unspecified atom stereocenters. The van der Waals surface area contributed by atoms with Crippen molar-refractivity contribution in [1.82, 2.24) is 0 Å². The summed E-state index contributed by atoms with van der Waals surface area (Å²) >= 11 is 0. The van der Waals surface area contributed by atoms with Crippen LogP contribution in [0.25, 0.3) is 0 Å². The first-order chi connectivity index (χ1) is 7.86. The predicted octanol–water partition coefficient (Wildman–Crippen LogP) is 0.888. The van der Waals surface area contributed by atoms with Crippen molar-refractivity contribution in [3.05, 3.63) is 23.3 Å². The minimum atomic E-state index is -3.28. The highest BCUT2D eigenvalue weighted by atomic mass is 32.2. The number of nitrogens with zero attached hydrogens (tertiary/aromatic N) is 1. The van der Waals surface area contributed by atoms with Gasteiger partial charge in [-0.2, -0.15) is 0 Å². The molecule has 0 saturated heterocycles. The number of anilines is 1. The standard InChI is InChI=1S/C12H17NO3S/c1-8-4-9(2)12-11(5-8)17(15,16)7-10(6-14)13(12)3/h4-5,10,14H,6-7H2,1-3H3. The Morgan fingerprint density at radius 2 is 2.06 bits per heavy atom. The number of aliphatic hydroxyl groups is 1. The zero-order chi connectivity index (χ0) is 12.8. The Bertz CT molecular complexity index is 551. The molecule has 0 spiro atoms. The number of rotatable bonds is 1. The Kier molecular flexibility index (Phi) is 2.91. The van der Waals surface area contributed by atoms with E-state index in [0.29, 0.717) is 4.90 Å². The summed E-state index contributed by atoms with van der Waals surface area (Å²) in [5.74, 6) is -0.0180. The van der Waals surface area contributed by atoms with Crippen molar-refractivity contribution in [3.8, 4) is 0 Å². The number of benzene rings is 1. The van der Waals surface area contributed by atoms with Gasteiger partial charge < -0.3 is 10.0 Å². The van der Waals surface area contributed by atoms with Crippen molar-refractivity contribution in [2.24, 2.45) is 0 Å². The van der Waals surface area contributed by atoms with Crippen LogP contribution in [0.5, 0.6) is 0 Å². The van der Waals surface area contributed by atoms with Crippen LogP contribution in [0.1, 0.15) is 11.1 Å². The maximum atomic E-state index is 12.2. The van der Waals surface area contributed by atoms with Crippen LogP contribution in [-0.2, 0) is 9.84 Å². The Hall–Kier alpha value is -1.07. The number of likely N-dealkylation sites (N-methyl/N-ethyl adjacent to an activating group) is 1. The number of fused-ring (bicyclic) bond motifs is 1. The molecule has 0 bridgehead atoms. The lowest BCUT2D eigenvalue weighted by atomic mass is 10.1. The van der Waals surface area contributed by atoms with Gasteiger partial charge in [-0.15, -0.1) is 0 Å². The molecule has 0 radical (unpaired) electrons. The molecule has 1 atom stereocenters. The van der Waals surface area contributed by atoms with Gasteiger partial charge in [0.15, 0.2) is 9.84 Å². The smallest absolute Gasteiger partial charge is 0.182 e. The minimum Gasteiger partial charge on any atom is -0.394 e. The Labute approximate surface area is 102 Å². The molecule has 5 heteroatoms. The van der Waals surface area contributed by atoms with Crippen molar-refractivity contribution < 1.29 is 13.5 Å². The van der Waals surface area contributed by atoms with Gasteiger partial charge >= 0.3 is 0 Å². The van der Waals surface area contributed by atoms with Crippen LogP contribution in [0.2, 0.25) is 0 Å². The van der Waals surface area contributed by atoms with Gasteiger partial charge in [-0.1, -0.05) is 6.07 Å². The highest BCUT2D eigenvalue weighted by molar-refractivity contribution is 7.91. The van der Waals surface area contributed by atoms with E-state index in [4.69, 9.17) is 0 Å². The number of hydrogen-bond acceptors (Lipinski definition) is 4. The average molecular weight is 255 g/mol. The molecule has 1 aromatic carbocycles. The van der Waals surface area contributed by atoms with Crippen LogP contribution in [-0.4, -0.2) is 39.0 Å². The van der Waals surface area contributed by atoms with Gasteiger partial charge in [0, 0.05) is 7.05 Å². The quantitative estimate of drug-likeness (QED) is 0.809. The lowest BCUT2D eigenvalue weighted by Crippen LogP contribution is -2.45. The molecule has 1 aromatic rings. The van der Waals surface area contributed by atoms with E-state index in [1.807, 2.05) is 31.9 Å². The molecule has 0 fully saturated rings. The number of sulfone groups is 1. The molecule has 1 heterocycles. The van der Waals surface area contributed by atoms with Crippen molar-refractivity contribution in [1.29, 1.82) is 0 Å². The Morgan fingerprint density at radius 1 is 1.41 bits per heavy atom. The van der Waals surface area contributed by atoms with Crippen LogP contribution in [0.3, 0.4) is 0 Å². The topological polar surface area (TPSA) is 57.6 Å². The van der Waals surface area contributed by atoms with Gasteiger partial charge in [-0.25, -0.2) is 8.42 Å². The highest BCUT2D eigenvalue weighted by Gasteiger charge is 2.34. The summed E-state index contributed by atoms with van der Waals surface area (Å²) in [5.41, 5.74) is 2.60. The summed E-state index contributed by atoms with van der Waals surface area (Å²) < 4.78 is 24.3. The molecule has 0 aliphatic carbocycles. The monoisotopic (exact) mass is 255 g/mol. The normalized spacial score (nSPS) is 22.4. The SMILES string of the molecule is Cc1cc(C)c2c(c1)S(=O)(=O)CC(CO)N2C. The summed E-state index contributed by atoms with van der Waals surface area (Å²) in [6.45, 7) is 3.64. The third-order valence-corrected chi connectivity index (χ3v) is 5.07. The summed E-state index contributed by atoms with van der Waals surface area (Å²) in [4.78, 5) is 2.26. The maximum absolute atomic E-state index is 12.2. The van der Waals surface area contributed by atoms with E-state index in [2.05, 4.69) is 0 Å². The van der Waals surface area contributed by atoms with Gasteiger partial charge in [0.25, 0.3) is 0 Å². The first-order valence-electron chi connectivity index (χ1n) is 5.54. The van der Waals surface area contributed by atoms with Gasteiger partial charge in [-0.3, -0.25) is 0 Å². The van der Waals surface area contributed by atoms with E-state index in [9.17, 15) is 13.5 Å². The lowest BCUT2D eigenvalue weighted by Gasteiger charge is -2.36. The predicted molar refractivity (Wildman–Crippen MR) is 67.2 cm³/mol. The number of aliphatic hydroxyl groups excluding tert-OH is 1. The molecule has 0 aromatic heterocycles. The van der Waals surface area contributed by atoms with Gasteiger partial charge in [0.05, 0.1) is 29.0 Å². The second-order valence-electron chi connectivity index (χ2n) is 4.66. The van der Waals surface area contributed by atoms with Gasteiger partial charge in [0.1, 0.15) is 0 Å². The van der Waals surface area contributed by atoms with E-state index in [1.165, 1.54) is 0 Å². The first kappa shape index (κ1) is 12.4. The van der Waals surface area contributed by atoms with E-state index < -0.39 is 9.84 Å². The molecule has 0 saturated carbocycles.